The summed E-state index contributed by atoms with van der Waals surface area (Å²) in [6, 6.07) is 2.12. The third kappa shape index (κ3) is 2.08. The Balaban J connectivity index is 3.12. The van der Waals surface area contributed by atoms with Crippen LogP contribution < -0.4 is 0 Å². The molecule has 0 N–H and O–H groups in total. The Morgan fingerprint density at radius 2 is 1.36 bits per heavy atom. The summed E-state index contributed by atoms with van der Waals surface area (Å²) in [6.07, 6.45) is 0. The molecule has 0 radical (unpaired) electrons. The molecule has 0 spiro atoms. The fourth-order valence-electron chi connectivity index (χ4n) is 1.22. The Bertz CT molecular complexity index is 308. The highest BCUT2D eigenvalue weighted by atomic mass is 19.2. The van der Waals surface area contributed by atoms with Crippen molar-refractivity contribution in [2.24, 2.45) is 5.92 Å². The van der Waals surface area contributed by atoms with Crippen LogP contribution in [0.1, 0.15) is 32.3 Å². The van der Waals surface area contributed by atoms with E-state index in [9.17, 15) is 13.2 Å². The second kappa shape index (κ2) is 4.03. The molecule has 0 aromatic heterocycles. The van der Waals surface area contributed by atoms with E-state index in [0.29, 0.717) is 5.56 Å². The molecule has 78 valence electrons. The second-order valence-electron chi connectivity index (χ2n) is 3.83. The largest absolute Gasteiger partial charge is 0.204 e. The van der Waals surface area contributed by atoms with Crippen molar-refractivity contribution in [3.63, 3.8) is 0 Å². The van der Waals surface area contributed by atoms with Gasteiger partial charge in [0, 0.05) is 0 Å². The standard InChI is InChI=1S/C11H13F3/c1-6(2)7(3)8-4-9(12)11(14)10(13)5-8/h4-7H,1-3H3. The van der Waals surface area contributed by atoms with Gasteiger partial charge in [-0.05, 0) is 29.5 Å². The summed E-state index contributed by atoms with van der Waals surface area (Å²) < 4.78 is 38.3. The summed E-state index contributed by atoms with van der Waals surface area (Å²) in [7, 11) is 0. The van der Waals surface area contributed by atoms with Crippen molar-refractivity contribution in [3.05, 3.63) is 35.1 Å². The van der Waals surface area contributed by atoms with Crippen LogP contribution in [0.25, 0.3) is 0 Å². The van der Waals surface area contributed by atoms with E-state index in [-0.39, 0.29) is 11.8 Å². The highest BCUT2D eigenvalue weighted by Gasteiger charge is 2.16. The minimum atomic E-state index is -1.40. The van der Waals surface area contributed by atoms with Crippen LogP contribution in [0.4, 0.5) is 13.2 Å². The van der Waals surface area contributed by atoms with Gasteiger partial charge in [0.05, 0.1) is 0 Å². The predicted octanol–water partition coefficient (Wildman–Crippen LogP) is 3.86. The first-order valence-electron chi connectivity index (χ1n) is 4.58. The molecule has 0 fully saturated rings. The van der Waals surface area contributed by atoms with E-state index in [4.69, 9.17) is 0 Å². The molecular weight excluding hydrogens is 189 g/mol. The molecule has 1 aromatic carbocycles. The lowest BCUT2D eigenvalue weighted by Gasteiger charge is -2.16. The van der Waals surface area contributed by atoms with E-state index in [1.54, 1.807) is 0 Å². The van der Waals surface area contributed by atoms with Crippen molar-refractivity contribution in [3.8, 4) is 0 Å². The van der Waals surface area contributed by atoms with Crippen molar-refractivity contribution < 1.29 is 13.2 Å². The average Bonchev–Trinajstić information content (AvgIpc) is 2.12. The van der Waals surface area contributed by atoms with E-state index in [0.717, 1.165) is 12.1 Å². The van der Waals surface area contributed by atoms with Gasteiger partial charge in [-0.25, -0.2) is 13.2 Å². The molecule has 1 rings (SSSR count). The van der Waals surface area contributed by atoms with Gasteiger partial charge in [-0.3, -0.25) is 0 Å². The molecule has 0 saturated heterocycles. The lowest BCUT2D eigenvalue weighted by molar-refractivity contribution is 0.439. The fourth-order valence-corrected chi connectivity index (χ4v) is 1.22. The zero-order valence-corrected chi connectivity index (χ0v) is 8.44. The number of benzene rings is 1. The third-order valence-electron chi connectivity index (χ3n) is 2.53. The molecule has 0 aliphatic carbocycles. The summed E-state index contributed by atoms with van der Waals surface area (Å²) in [5, 5.41) is 0. The number of rotatable bonds is 2. The molecule has 14 heavy (non-hydrogen) atoms. The second-order valence-corrected chi connectivity index (χ2v) is 3.83. The molecular formula is C11H13F3. The lowest BCUT2D eigenvalue weighted by Crippen LogP contribution is -2.04. The van der Waals surface area contributed by atoms with Gasteiger partial charge in [0.2, 0.25) is 0 Å². The van der Waals surface area contributed by atoms with Gasteiger partial charge in [0.15, 0.2) is 17.5 Å². The maximum absolute atomic E-state index is 12.8. The number of hydrogen-bond donors (Lipinski definition) is 0. The van der Waals surface area contributed by atoms with Crippen molar-refractivity contribution in [1.82, 2.24) is 0 Å². The molecule has 1 atom stereocenters. The van der Waals surface area contributed by atoms with Gasteiger partial charge in [0.1, 0.15) is 0 Å². The van der Waals surface area contributed by atoms with Crippen molar-refractivity contribution in [2.75, 3.05) is 0 Å². The lowest BCUT2D eigenvalue weighted by atomic mass is 9.90. The first kappa shape index (κ1) is 11.1. The van der Waals surface area contributed by atoms with Crippen molar-refractivity contribution in [1.29, 1.82) is 0 Å². The zero-order valence-electron chi connectivity index (χ0n) is 8.44. The van der Waals surface area contributed by atoms with Crippen LogP contribution in [0.5, 0.6) is 0 Å². The van der Waals surface area contributed by atoms with Gasteiger partial charge in [-0.2, -0.15) is 0 Å². The topological polar surface area (TPSA) is 0 Å². The van der Waals surface area contributed by atoms with Crippen LogP contribution in [0.3, 0.4) is 0 Å². The van der Waals surface area contributed by atoms with Gasteiger partial charge >= 0.3 is 0 Å². The maximum Gasteiger partial charge on any atom is 0.194 e. The molecule has 0 aliphatic heterocycles. The Morgan fingerprint density at radius 3 is 1.71 bits per heavy atom. The smallest absolute Gasteiger partial charge is 0.194 e. The maximum atomic E-state index is 12.8. The van der Waals surface area contributed by atoms with Crippen LogP contribution in [0.2, 0.25) is 0 Å². The fraction of sp³-hybridized carbons (Fsp3) is 0.455. The number of halogens is 3. The summed E-state index contributed by atoms with van der Waals surface area (Å²) in [5.41, 5.74) is 0.497. The third-order valence-corrected chi connectivity index (χ3v) is 2.53. The van der Waals surface area contributed by atoms with Crippen LogP contribution in [-0.2, 0) is 0 Å². The van der Waals surface area contributed by atoms with Gasteiger partial charge in [0.25, 0.3) is 0 Å². The average molecular weight is 202 g/mol. The first-order valence-corrected chi connectivity index (χ1v) is 4.58. The minimum absolute atomic E-state index is 0.0135. The van der Waals surface area contributed by atoms with Crippen LogP contribution in [0, 0.1) is 23.4 Å². The normalized spacial score (nSPS) is 13.4. The summed E-state index contributed by atoms with van der Waals surface area (Å²) >= 11 is 0. The highest BCUT2D eigenvalue weighted by Crippen LogP contribution is 2.26. The summed E-state index contributed by atoms with van der Waals surface area (Å²) in [5.74, 6) is -3.36. The Hall–Kier alpha value is -0.990. The van der Waals surface area contributed by atoms with Gasteiger partial charge < -0.3 is 0 Å². The predicted molar refractivity (Wildman–Crippen MR) is 49.6 cm³/mol. The van der Waals surface area contributed by atoms with Crippen LogP contribution in [0.15, 0.2) is 12.1 Å². The SMILES string of the molecule is CC(C)C(C)c1cc(F)c(F)c(F)c1. The van der Waals surface area contributed by atoms with Crippen molar-refractivity contribution >= 4 is 0 Å². The van der Waals surface area contributed by atoms with E-state index in [1.807, 2.05) is 20.8 Å². The van der Waals surface area contributed by atoms with Crippen LogP contribution >= 0.6 is 0 Å². The molecule has 0 heterocycles. The summed E-state index contributed by atoms with van der Waals surface area (Å²) in [6.45, 7) is 5.75. The summed E-state index contributed by atoms with van der Waals surface area (Å²) in [4.78, 5) is 0. The molecule has 0 nitrogen and oxygen atoms in total. The molecule has 1 aromatic rings. The highest BCUT2D eigenvalue weighted by molar-refractivity contribution is 5.23. The van der Waals surface area contributed by atoms with Crippen molar-refractivity contribution in [2.45, 2.75) is 26.7 Å². The number of hydrogen-bond acceptors (Lipinski definition) is 0. The quantitative estimate of drug-likeness (QED) is 0.639. The molecule has 0 saturated carbocycles. The van der Waals surface area contributed by atoms with E-state index >= 15 is 0 Å². The Kier molecular flexibility index (Phi) is 3.19. The zero-order chi connectivity index (χ0) is 10.9. The monoisotopic (exact) mass is 202 g/mol. The Labute approximate surface area is 81.8 Å². The molecule has 0 aliphatic rings. The minimum Gasteiger partial charge on any atom is -0.204 e. The molecule has 0 amide bonds. The van der Waals surface area contributed by atoms with Gasteiger partial charge in [-0.1, -0.05) is 20.8 Å². The Morgan fingerprint density at radius 1 is 0.929 bits per heavy atom. The molecule has 0 bridgehead atoms. The first-order chi connectivity index (χ1) is 6.43. The van der Waals surface area contributed by atoms with E-state index < -0.39 is 17.5 Å². The van der Waals surface area contributed by atoms with Crippen LogP contribution in [-0.4, -0.2) is 0 Å². The van der Waals surface area contributed by atoms with Gasteiger partial charge in [-0.15, -0.1) is 0 Å². The van der Waals surface area contributed by atoms with E-state index in [2.05, 4.69) is 0 Å². The molecule has 1 unspecified atom stereocenters. The molecule has 3 heteroatoms. The van der Waals surface area contributed by atoms with E-state index in [1.165, 1.54) is 0 Å².